The standard InChI is InChI=1S/C14H29N3OS2/c1-15-13(16-8-4-5-11-19-2)17-12-14(20-3)6-9-18-10-7-14/h4-12H2,1-3H3,(H2,15,16,17). The van der Waals surface area contributed by atoms with Crippen LogP contribution in [0.2, 0.25) is 0 Å². The first-order valence-electron chi connectivity index (χ1n) is 7.33. The zero-order valence-corrected chi connectivity index (χ0v) is 14.7. The first-order valence-corrected chi connectivity index (χ1v) is 9.94. The molecule has 0 aliphatic carbocycles. The Kier molecular flexibility index (Phi) is 9.55. The van der Waals surface area contributed by atoms with Gasteiger partial charge in [-0.05, 0) is 43.9 Å². The third kappa shape index (κ3) is 6.59. The molecule has 6 heteroatoms. The van der Waals surface area contributed by atoms with Crippen molar-refractivity contribution in [1.29, 1.82) is 0 Å². The first-order chi connectivity index (χ1) is 9.76. The Balaban J connectivity index is 2.25. The van der Waals surface area contributed by atoms with Crippen molar-refractivity contribution in [3.63, 3.8) is 0 Å². The minimum absolute atomic E-state index is 0.300. The number of unbranched alkanes of at least 4 members (excludes halogenated alkanes) is 1. The van der Waals surface area contributed by atoms with Crippen LogP contribution < -0.4 is 10.6 Å². The summed E-state index contributed by atoms with van der Waals surface area (Å²) in [6.45, 7) is 3.71. The number of rotatable bonds is 8. The predicted octanol–water partition coefficient (Wildman–Crippen LogP) is 2.21. The number of hydrogen-bond donors (Lipinski definition) is 2. The van der Waals surface area contributed by atoms with Crippen LogP contribution in [0.15, 0.2) is 4.99 Å². The number of nitrogens with zero attached hydrogens (tertiary/aromatic N) is 1. The summed E-state index contributed by atoms with van der Waals surface area (Å²) in [6, 6.07) is 0. The van der Waals surface area contributed by atoms with Gasteiger partial charge < -0.3 is 15.4 Å². The Morgan fingerprint density at radius 1 is 1.20 bits per heavy atom. The quantitative estimate of drug-likeness (QED) is 0.408. The maximum absolute atomic E-state index is 5.47. The molecule has 1 aliphatic rings. The molecule has 0 unspecified atom stereocenters. The molecule has 1 saturated heterocycles. The lowest BCUT2D eigenvalue weighted by Crippen LogP contribution is -2.48. The first kappa shape index (κ1) is 18.0. The van der Waals surface area contributed by atoms with E-state index in [4.69, 9.17) is 4.74 Å². The molecule has 0 saturated carbocycles. The third-order valence-electron chi connectivity index (χ3n) is 3.71. The summed E-state index contributed by atoms with van der Waals surface area (Å²) < 4.78 is 5.77. The molecule has 20 heavy (non-hydrogen) atoms. The van der Waals surface area contributed by atoms with E-state index in [-0.39, 0.29) is 0 Å². The second kappa shape index (κ2) is 10.6. The molecule has 0 aromatic heterocycles. The van der Waals surface area contributed by atoms with Crippen LogP contribution in [0.3, 0.4) is 0 Å². The van der Waals surface area contributed by atoms with Crippen molar-refractivity contribution < 1.29 is 4.74 Å². The van der Waals surface area contributed by atoms with Gasteiger partial charge in [0.15, 0.2) is 5.96 Å². The third-order valence-corrected chi connectivity index (χ3v) is 5.82. The summed E-state index contributed by atoms with van der Waals surface area (Å²) >= 11 is 3.86. The topological polar surface area (TPSA) is 45.7 Å². The maximum Gasteiger partial charge on any atom is 0.191 e. The van der Waals surface area contributed by atoms with Crippen molar-refractivity contribution in [2.24, 2.45) is 4.99 Å². The van der Waals surface area contributed by atoms with Crippen molar-refractivity contribution in [1.82, 2.24) is 10.6 Å². The van der Waals surface area contributed by atoms with Gasteiger partial charge in [0.25, 0.3) is 0 Å². The van der Waals surface area contributed by atoms with Crippen molar-refractivity contribution in [3.05, 3.63) is 0 Å². The minimum Gasteiger partial charge on any atom is -0.381 e. The number of guanidine groups is 1. The van der Waals surface area contributed by atoms with Gasteiger partial charge in [0.05, 0.1) is 0 Å². The molecule has 118 valence electrons. The van der Waals surface area contributed by atoms with Gasteiger partial charge in [-0.2, -0.15) is 23.5 Å². The lowest BCUT2D eigenvalue weighted by molar-refractivity contribution is 0.0783. The van der Waals surface area contributed by atoms with Crippen molar-refractivity contribution in [3.8, 4) is 0 Å². The smallest absolute Gasteiger partial charge is 0.191 e. The molecular weight excluding hydrogens is 290 g/mol. The van der Waals surface area contributed by atoms with Gasteiger partial charge in [0, 0.05) is 38.1 Å². The number of aliphatic imine (C=N–C) groups is 1. The van der Waals surface area contributed by atoms with E-state index in [1.165, 1.54) is 18.6 Å². The second-order valence-corrected chi connectivity index (χ2v) is 7.31. The molecule has 1 heterocycles. The fraction of sp³-hybridized carbons (Fsp3) is 0.929. The normalized spacial score (nSPS) is 18.9. The van der Waals surface area contributed by atoms with E-state index in [0.717, 1.165) is 45.1 Å². The molecule has 0 atom stereocenters. The molecular formula is C14H29N3OS2. The van der Waals surface area contributed by atoms with Crippen molar-refractivity contribution >= 4 is 29.5 Å². The Morgan fingerprint density at radius 2 is 1.95 bits per heavy atom. The summed E-state index contributed by atoms with van der Waals surface area (Å²) in [5, 5.41) is 6.88. The van der Waals surface area contributed by atoms with Crippen LogP contribution >= 0.6 is 23.5 Å². The van der Waals surface area contributed by atoms with Gasteiger partial charge in [-0.3, -0.25) is 4.99 Å². The highest BCUT2D eigenvalue weighted by molar-refractivity contribution is 8.00. The number of nitrogens with one attached hydrogen (secondary N) is 2. The van der Waals surface area contributed by atoms with Gasteiger partial charge in [0.2, 0.25) is 0 Å². The van der Waals surface area contributed by atoms with Crippen LogP contribution in [0.25, 0.3) is 0 Å². The SMILES string of the molecule is CN=C(NCCCCSC)NCC1(SC)CCOCC1. The zero-order chi connectivity index (χ0) is 14.7. The Bertz CT molecular complexity index is 282. The molecule has 0 aromatic carbocycles. The fourth-order valence-corrected chi connectivity index (χ4v) is 3.52. The highest BCUT2D eigenvalue weighted by Crippen LogP contribution is 2.32. The monoisotopic (exact) mass is 319 g/mol. The van der Waals surface area contributed by atoms with E-state index in [1.807, 2.05) is 30.6 Å². The van der Waals surface area contributed by atoms with Crippen LogP contribution in [0.4, 0.5) is 0 Å². The largest absolute Gasteiger partial charge is 0.381 e. The molecule has 0 bridgehead atoms. The summed E-state index contributed by atoms with van der Waals surface area (Å²) in [6.07, 6.45) is 9.05. The average Bonchev–Trinajstić information content (AvgIpc) is 2.51. The van der Waals surface area contributed by atoms with Gasteiger partial charge in [-0.15, -0.1) is 0 Å². The summed E-state index contributed by atoms with van der Waals surface area (Å²) in [4.78, 5) is 4.30. The number of thioether (sulfide) groups is 2. The summed E-state index contributed by atoms with van der Waals surface area (Å²) in [7, 11) is 1.84. The second-order valence-electron chi connectivity index (χ2n) is 5.05. The van der Waals surface area contributed by atoms with Gasteiger partial charge in [-0.25, -0.2) is 0 Å². The fourth-order valence-electron chi connectivity index (χ4n) is 2.24. The van der Waals surface area contributed by atoms with Crippen molar-refractivity contribution in [2.75, 3.05) is 51.6 Å². The molecule has 1 rings (SSSR count). The molecule has 1 fully saturated rings. The van der Waals surface area contributed by atoms with Crippen LogP contribution in [-0.4, -0.2) is 62.3 Å². The molecule has 0 spiro atoms. The lowest BCUT2D eigenvalue weighted by atomic mass is 9.99. The number of hydrogen-bond acceptors (Lipinski definition) is 4. The van der Waals surface area contributed by atoms with Crippen molar-refractivity contribution in [2.45, 2.75) is 30.4 Å². The van der Waals surface area contributed by atoms with E-state index in [9.17, 15) is 0 Å². The molecule has 4 nitrogen and oxygen atoms in total. The lowest BCUT2D eigenvalue weighted by Gasteiger charge is -2.36. The summed E-state index contributed by atoms with van der Waals surface area (Å²) in [5.41, 5.74) is 0. The van der Waals surface area contributed by atoms with E-state index in [2.05, 4.69) is 28.1 Å². The maximum atomic E-state index is 5.47. The number of ether oxygens (including phenoxy) is 1. The van der Waals surface area contributed by atoms with E-state index in [1.54, 1.807) is 0 Å². The Labute approximate surface area is 132 Å². The molecule has 0 aromatic rings. The summed E-state index contributed by atoms with van der Waals surface area (Å²) in [5.74, 6) is 2.16. The van der Waals surface area contributed by atoms with Crippen LogP contribution in [0, 0.1) is 0 Å². The van der Waals surface area contributed by atoms with Gasteiger partial charge >= 0.3 is 0 Å². The van der Waals surface area contributed by atoms with Gasteiger partial charge in [0.1, 0.15) is 0 Å². The van der Waals surface area contributed by atoms with E-state index >= 15 is 0 Å². The van der Waals surface area contributed by atoms with Crippen LogP contribution in [0.1, 0.15) is 25.7 Å². The molecule has 1 aliphatic heterocycles. The molecule has 0 amide bonds. The van der Waals surface area contributed by atoms with Gasteiger partial charge in [-0.1, -0.05) is 0 Å². The Hall–Kier alpha value is -0.0700. The molecule has 0 radical (unpaired) electrons. The zero-order valence-electron chi connectivity index (χ0n) is 13.0. The highest BCUT2D eigenvalue weighted by atomic mass is 32.2. The average molecular weight is 320 g/mol. The van der Waals surface area contributed by atoms with Crippen LogP contribution in [0.5, 0.6) is 0 Å². The predicted molar refractivity (Wildman–Crippen MR) is 93.3 cm³/mol. The molecule has 2 N–H and O–H groups in total. The van der Waals surface area contributed by atoms with E-state index in [0.29, 0.717) is 4.75 Å². The minimum atomic E-state index is 0.300. The van der Waals surface area contributed by atoms with E-state index < -0.39 is 0 Å². The van der Waals surface area contributed by atoms with Crippen LogP contribution in [-0.2, 0) is 4.74 Å². The Morgan fingerprint density at radius 3 is 2.55 bits per heavy atom. The highest BCUT2D eigenvalue weighted by Gasteiger charge is 2.31.